The number of hydrogen-bond donors (Lipinski definition) is 1. The van der Waals surface area contributed by atoms with Gasteiger partial charge in [-0.05, 0) is 29.7 Å². The molecule has 2 heterocycles. The van der Waals surface area contributed by atoms with Gasteiger partial charge in [0.2, 0.25) is 0 Å². The van der Waals surface area contributed by atoms with Gasteiger partial charge in [-0.1, -0.05) is 11.6 Å². The predicted molar refractivity (Wildman–Crippen MR) is 88.6 cm³/mol. The molecule has 1 aliphatic carbocycles. The van der Waals surface area contributed by atoms with Crippen molar-refractivity contribution in [1.82, 2.24) is 4.98 Å². The second-order valence-corrected chi connectivity index (χ2v) is 9.34. The molecule has 0 fully saturated rings. The van der Waals surface area contributed by atoms with Crippen LogP contribution < -0.4 is 0 Å². The molecule has 10 heteroatoms. The fourth-order valence-corrected chi connectivity index (χ4v) is 5.61. The van der Waals surface area contributed by atoms with Crippen molar-refractivity contribution in [3.05, 3.63) is 34.1 Å². The van der Waals surface area contributed by atoms with Crippen LogP contribution in [-0.4, -0.2) is 30.7 Å². The van der Waals surface area contributed by atoms with Crippen LogP contribution in [0.25, 0.3) is 10.4 Å². The highest BCUT2D eigenvalue weighted by atomic mass is 35.5. The average molecular weight is 405 g/mol. The van der Waals surface area contributed by atoms with Crippen LogP contribution in [0.15, 0.2) is 16.3 Å². The summed E-state index contributed by atoms with van der Waals surface area (Å²) in [5.74, 6) is -3.40. The van der Waals surface area contributed by atoms with Crippen LogP contribution >= 0.6 is 22.9 Å². The summed E-state index contributed by atoms with van der Waals surface area (Å²) in [6.07, 6.45) is -1.98. The van der Waals surface area contributed by atoms with Gasteiger partial charge in [0.15, 0.2) is 9.84 Å². The van der Waals surface area contributed by atoms with Gasteiger partial charge in [-0.25, -0.2) is 22.2 Å². The van der Waals surface area contributed by atoms with E-state index < -0.39 is 28.3 Å². The molecular weight excluding hydrogens is 394 g/mol. The highest BCUT2D eigenvalue weighted by Gasteiger charge is 2.47. The number of rotatable bonds is 2. The maximum Gasteiger partial charge on any atom is 0.277 e. The maximum atomic E-state index is 13.9. The number of aliphatic hydroxyl groups is 1. The van der Waals surface area contributed by atoms with E-state index in [-0.39, 0.29) is 27.0 Å². The minimum absolute atomic E-state index is 0.0206. The van der Waals surface area contributed by atoms with Crippen LogP contribution in [0.1, 0.15) is 29.3 Å². The van der Waals surface area contributed by atoms with Crippen LogP contribution in [0.5, 0.6) is 0 Å². The van der Waals surface area contributed by atoms with Crippen molar-refractivity contribution < 1.29 is 22.3 Å². The number of pyridine rings is 1. The van der Waals surface area contributed by atoms with Gasteiger partial charge in [0.05, 0.1) is 0 Å². The minimum atomic E-state index is -3.83. The molecule has 0 bridgehead atoms. The number of nitrogens with zero attached hydrogens (tertiary/aromatic N) is 2. The zero-order valence-corrected chi connectivity index (χ0v) is 15.1. The molecule has 0 amide bonds. The quantitative estimate of drug-likeness (QED) is 0.775. The molecule has 3 rings (SSSR count). The molecule has 2 aromatic rings. The van der Waals surface area contributed by atoms with Crippen molar-refractivity contribution in [3.8, 4) is 16.5 Å². The lowest BCUT2D eigenvalue weighted by atomic mass is 9.87. The third kappa shape index (κ3) is 3.15. The number of sulfone groups is 1. The van der Waals surface area contributed by atoms with E-state index >= 15 is 0 Å². The molecule has 0 spiro atoms. The number of aliphatic hydroxyl groups excluding tert-OH is 1. The van der Waals surface area contributed by atoms with E-state index in [9.17, 15) is 22.3 Å². The molecule has 1 N–H and O–H groups in total. The summed E-state index contributed by atoms with van der Waals surface area (Å²) in [7, 11) is -3.83. The number of halogens is 3. The first-order chi connectivity index (χ1) is 11.5. The van der Waals surface area contributed by atoms with Crippen LogP contribution in [0.2, 0.25) is 5.15 Å². The lowest BCUT2D eigenvalue weighted by molar-refractivity contribution is -0.122. The Labute approximate surface area is 151 Å². The van der Waals surface area contributed by atoms with E-state index in [4.69, 9.17) is 16.9 Å². The Morgan fingerprint density at radius 1 is 1.48 bits per heavy atom. The molecule has 0 aliphatic heterocycles. The van der Waals surface area contributed by atoms with Crippen LogP contribution in [0, 0.1) is 11.3 Å². The van der Waals surface area contributed by atoms with Gasteiger partial charge in [0.1, 0.15) is 27.2 Å². The van der Waals surface area contributed by atoms with Crippen molar-refractivity contribution in [2.24, 2.45) is 0 Å². The molecule has 0 saturated heterocycles. The van der Waals surface area contributed by atoms with E-state index in [0.717, 1.165) is 17.6 Å². The molecule has 0 saturated carbocycles. The normalized spacial score (nSPS) is 19.3. The molecule has 0 aromatic carbocycles. The predicted octanol–water partition coefficient (Wildman–Crippen LogP) is 3.35. The summed E-state index contributed by atoms with van der Waals surface area (Å²) in [6.45, 7) is 0. The second-order valence-electron chi connectivity index (χ2n) is 5.72. The SMILES string of the molecule is CS(=O)(=O)c1sc(-c2cc(Cl)nc(C#N)c2)c2c1[C@H](O)C(F)(F)CC2. The molecule has 132 valence electrons. The fourth-order valence-electron chi connectivity index (χ4n) is 2.81. The Morgan fingerprint density at radius 3 is 2.76 bits per heavy atom. The zero-order chi connectivity index (χ0) is 18.6. The molecule has 0 unspecified atom stereocenters. The summed E-state index contributed by atoms with van der Waals surface area (Å²) in [5.41, 5.74) is 0.512. The highest BCUT2D eigenvalue weighted by molar-refractivity contribution is 7.92. The topological polar surface area (TPSA) is 91.0 Å². The Morgan fingerprint density at radius 2 is 2.16 bits per heavy atom. The first-order valence-electron chi connectivity index (χ1n) is 7.04. The molecule has 25 heavy (non-hydrogen) atoms. The van der Waals surface area contributed by atoms with E-state index in [1.54, 1.807) is 0 Å². The maximum absolute atomic E-state index is 13.9. The molecule has 1 aliphatic rings. The van der Waals surface area contributed by atoms with Gasteiger partial charge in [-0.2, -0.15) is 5.26 Å². The van der Waals surface area contributed by atoms with Crippen molar-refractivity contribution in [2.45, 2.75) is 29.1 Å². The number of fused-ring (bicyclic) bond motifs is 1. The summed E-state index contributed by atoms with van der Waals surface area (Å²) in [6, 6.07) is 4.67. The van der Waals surface area contributed by atoms with E-state index in [1.807, 2.05) is 6.07 Å². The molecule has 0 radical (unpaired) electrons. The summed E-state index contributed by atoms with van der Waals surface area (Å²) in [5, 5.41) is 19.1. The lowest BCUT2D eigenvalue weighted by Crippen LogP contribution is -2.32. The van der Waals surface area contributed by atoms with Crippen molar-refractivity contribution in [2.75, 3.05) is 6.26 Å². The standard InChI is InChI=1S/C15H11ClF2N2O3S2/c1-25(22,23)14-11-9(2-3-15(17,18)13(11)21)12(24-14)7-4-8(6-19)20-10(16)5-7/h4-5,13,21H,2-3H2,1H3/t13-/m0/s1. The van der Waals surface area contributed by atoms with Gasteiger partial charge in [0, 0.05) is 23.1 Å². The van der Waals surface area contributed by atoms with Crippen molar-refractivity contribution in [1.29, 1.82) is 5.26 Å². The van der Waals surface area contributed by atoms with Crippen LogP contribution in [0.3, 0.4) is 0 Å². The Hall–Kier alpha value is -1.60. The number of thiophene rings is 1. The lowest BCUT2D eigenvalue weighted by Gasteiger charge is -2.29. The molecule has 2 aromatic heterocycles. The molecule has 5 nitrogen and oxygen atoms in total. The Balaban J connectivity index is 2.32. The highest BCUT2D eigenvalue weighted by Crippen LogP contribution is 2.51. The largest absolute Gasteiger partial charge is 0.382 e. The first kappa shape index (κ1) is 18.2. The van der Waals surface area contributed by atoms with E-state index in [0.29, 0.717) is 16.0 Å². The minimum Gasteiger partial charge on any atom is -0.382 e. The van der Waals surface area contributed by atoms with E-state index in [1.165, 1.54) is 12.1 Å². The molecular formula is C15H11ClF2N2O3S2. The molecule has 1 atom stereocenters. The Kier molecular flexibility index (Phi) is 4.36. The van der Waals surface area contributed by atoms with Gasteiger partial charge < -0.3 is 5.11 Å². The summed E-state index contributed by atoms with van der Waals surface area (Å²) < 4.78 is 51.7. The average Bonchev–Trinajstić information content (AvgIpc) is 2.90. The first-order valence-corrected chi connectivity index (χ1v) is 10.1. The van der Waals surface area contributed by atoms with Gasteiger partial charge in [-0.15, -0.1) is 11.3 Å². The zero-order valence-electron chi connectivity index (χ0n) is 12.8. The number of alkyl halides is 2. The van der Waals surface area contributed by atoms with Gasteiger partial charge >= 0.3 is 0 Å². The number of hydrogen-bond acceptors (Lipinski definition) is 6. The number of nitriles is 1. The van der Waals surface area contributed by atoms with Gasteiger partial charge in [-0.3, -0.25) is 0 Å². The smallest absolute Gasteiger partial charge is 0.277 e. The van der Waals surface area contributed by atoms with Crippen LogP contribution in [-0.2, 0) is 16.3 Å². The fraction of sp³-hybridized carbons (Fsp3) is 0.333. The Bertz CT molecular complexity index is 1010. The summed E-state index contributed by atoms with van der Waals surface area (Å²) >= 11 is 6.68. The third-order valence-electron chi connectivity index (χ3n) is 3.90. The summed E-state index contributed by atoms with van der Waals surface area (Å²) in [4.78, 5) is 4.20. The monoisotopic (exact) mass is 404 g/mol. The van der Waals surface area contributed by atoms with Crippen molar-refractivity contribution >= 4 is 32.8 Å². The van der Waals surface area contributed by atoms with Crippen LogP contribution in [0.4, 0.5) is 8.78 Å². The number of aromatic nitrogens is 1. The van der Waals surface area contributed by atoms with E-state index in [2.05, 4.69) is 4.98 Å². The van der Waals surface area contributed by atoms with Gasteiger partial charge in [0.25, 0.3) is 5.92 Å². The second kappa shape index (κ2) is 5.99. The van der Waals surface area contributed by atoms with Crippen molar-refractivity contribution in [3.63, 3.8) is 0 Å². The third-order valence-corrected chi connectivity index (χ3v) is 7.24.